The van der Waals surface area contributed by atoms with Crippen LogP contribution in [-0.2, 0) is 17.9 Å². The number of ether oxygens (including phenoxy) is 1. The van der Waals surface area contributed by atoms with Crippen LogP contribution >= 0.6 is 0 Å². The molecule has 2 aliphatic heterocycles. The Labute approximate surface area is 203 Å². The number of fused-ring (bicyclic) bond motifs is 1. The van der Waals surface area contributed by atoms with E-state index in [1.807, 2.05) is 6.07 Å². The van der Waals surface area contributed by atoms with Crippen molar-refractivity contribution in [2.75, 3.05) is 0 Å². The fraction of sp³-hybridized carbons (Fsp3) is 0.407. The van der Waals surface area contributed by atoms with E-state index in [1.165, 1.54) is 12.1 Å². The zero-order chi connectivity index (χ0) is 24.5. The average molecular weight is 482 g/mol. The Morgan fingerprint density at radius 2 is 1.91 bits per heavy atom. The van der Waals surface area contributed by atoms with Gasteiger partial charge in [0.25, 0.3) is 5.91 Å². The second-order valence-electron chi connectivity index (χ2n) is 9.56. The molecular weight excluding hydrogens is 452 g/mol. The van der Waals surface area contributed by atoms with E-state index in [0.717, 1.165) is 37.3 Å². The van der Waals surface area contributed by atoms with E-state index in [-0.39, 0.29) is 24.0 Å². The van der Waals surface area contributed by atoms with E-state index < -0.39 is 17.7 Å². The zero-order valence-electron chi connectivity index (χ0n) is 19.5. The Balaban J connectivity index is 1.25. The number of hydrogen-bond donors (Lipinski definition) is 2. The second kappa shape index (κ2) is 9.77. The summed E-state index contributed by atoms with van der Waals surface area (Å²) in [5, 5.41) is 6.14. The monoisotopic (exact) mass is 481 g/mol. The van der Waals surface area contributed by atoms with Gasteiger partial charge in [0.1, 0.15) is 29.5 Å². The molecule has 2 heterocycles. The Kier molecular flexibility index (Phi) is 6.56. The van der Waals surface area contributed by atoms with Gasteiger partial charge in [-0.2, -0.15) is 0 Å². The van der Waals surface area contributed by atoms with Crippen LogP contribution in [0.25, 0.3) is 0 Å². The van der Waals surface area contributed by atoms with Gasteiger partial charge in [0.15, 0.2) is 0 Å². The summed E-state index contributed by atoms with van der Waals surface area (Å²) in [4.78, 5) is 27.0. The summed E-state index contributed by atoms with van der Waals surface area (Å²) in [7, 11) is 0. The van der Waals surface area contributed by atoms with Crippen LogP contribution in [0.2, 0.25) is 0 Å². The van der Waals surface area contributed by atoms with E-state index in [1.54, 1.807) is 17.0 Å². The molecule has 35 heavy (non-hydrogen) atoms. The van der Waals surface area contributed by atoms with Crippen LogP contribution in [0.15, 0.2) is 48.7 Å². The minimum atomic E-state index is -0.589. The minimum absolute atomic E-state index is 0.0265. The van der Waals surface area contributed by atoms with Crippen molar-refractivity contribution in [2.45, 2.75) is 69.8 Å². The summed E-state index contributed by atoms with van der Waals surface area (Å²) in [5.74, 6) is -0.806. The molecule has 2 amide bonds. The highest BCUT2D eigenvalue weighted by Gasteiger charge is 2.38. The number of rotatable bonds is 6. The fourth-order valence-electron chi connectivity index (χ4n) is 5.26. The van der Waals surface area contributed by atoms with Crippen LogP contribution in [0, 0.1) is 11.6 Å². The van der Waals surface area contributed by atoms with Crippen molar-refractivity contribution >= 4 is 11.8 Å². The molecule has 3 atom stereocenters. The number of benzene rings is 2. The lowest BCUT2D eigenvalue weighted by Crippen LogP contribution is -2.49. The average Bonchev–Trinajstić information content (AvgIpc) is 3.15. The first kappa shape index (κ1) is 23.5. The highest BCUT2D eigenvalue weighted by Crippen LogP contribution is 2.32. The van der Waals surface area contributed by atoms with Gasteiger partial charge >= 0.3 is 0 Å². The summed E-state index contributed by atoms with van der Waals surface area (Å²) in [6.07, 6.45) is 4.96. The van der Waals surface area contributed by atoms with E-state index in [0.29, 0.717) is 48.5 Å². The van der Waals surface area contributed by atoms with Crippen molar-refractivity contribution in [2.24, 2.45) is 0 Å². The third kappa shape index (κ3) is 4.93. The molecule has 8 heteroatoms. The number of piperidine rings is 1. The van der Waals surface area contributed by atoms with Gasteiger partial charge in [-0.05, 0) is 61.9 Å². The van der Waals surface area contributed by atoms with E-state index in [2.05, 4.69) is 17.2 Å². The molecule has 3 aliphatic rings. The highest BCUT2D eigenvalue weighted by atomic mass is 19.1. The quantitative estimate of drug-likeness (QED) is 0.649. The number of carbonyl (C=O) groups excluding carboxylic acids is 2. The number of amides is 2. The first-order chi connectivity index (χ1) is 16.9. The third-order valence-electron chi connectivity index (χ3n) is 7.17. The number of carbonyl (C=O) groups is 2. The molecule has 1 saturated carbocycles. The molecule has 1 aliphatic carbocycles. The number of halogens is 2. The van der Waals surface area contributed by atoms with Gasteiger partial charge in [0.05, 0.1) is 0 Å². The van der Waals surface area contributed by atoms with Crippen LogP contribution < -0.4 is 15.4 Å². The normalized spacial score (nSPS) is 24.3. The minimum Gasteiger partial charge on any atom is -0.489 e. The molecular formula is C27H29F2N3O3. The Bertz CT molecular complexity index is 1170. The van der Waals surface area contributed by atoms with Crippen LogP contribution in [0.4, 0.5) is 8.78 Å². The first-order valence-corrected chi connectivity index (χ1v) is 12.2. The number of allylic oxidation sites excluding steroid dienone is 1. The van der Waals surface area contributed by atoms with Gasteiger partial charge in [-0.3, -0.25) is 9.59 Å². The standard InChI is InChI=1S/C27H29F2N3O3/c1-16-6-11-24(26(33)31-16)32-15-18-12-20(9-10-21(18)27(32)34)35-25-5-3-2-4-23(25)30-14-17-7-8-19(28)13-22(17)29/h7-10,12-13,23-25,30H,1-6,11,14-15H2,(H,31,33)/t23-,24?,25-/m0/s1. The maximum Gasteiger partial charge on any atom is 0.255 e. The van der Waals surface area contributed by atoms with Gasteiger partial charge in [-0.15, -0.1) is 0 Å². The van der Waals surface area contributed by atoms with Crippen molar-refractivity contribution in [3.05, 3.63) is 77.0 Å². The highest BCUT2D eigenvalue weighted by molar-refractivity contribution is 6.01. The Morgan fingerprint density at radius 1 is 1.09 bits per heavy atom. The van der Waals surface area contributed by atoms with Crippen molar-refractivity contribution in [1.29, 1.82) is 0 Å². The summed E-state index contributed by atoms with van der Waals surface area (Å²) in [6.45, 7) is 4.46. The summed E-state index contributed by atoms with van der Waals surface area (Å²) >= 11 is 0. The molecule has 1 unspecified atom stereocenters. The fourth-order valence-corrected chi connectivity index (χ4v) is 5.26. The summed E-state index contributed by atoms with van der Waals surface area (Å²) < 4.78 is 33.6. The second-order valence-corrected chi connectivity index (χ2v) is 9.56. The molecule has 2 aromatic rings. The first-order valence-electron chi connectivity index (χ1n) is 12.2. The van der Waals surface area contributed by atoms with Gasteiger partial charge in [0, 0.05) is 42.0 Å². The molecule has 184 valence electrons. The van der Waals surface area contributed by atoms with Crippen molar-refractivity contribution in [3.8, 4) is 5.75 Å². The van der Waals surface area contributed by atoms with Crippen LogP contribution in [0.5, 0.6) is 5.75 Å². The SMILES string of the molecule is C=C1CCC(N2Cc3cc(O[C@H]4CCCC[C@@H]4NCc4ccc(F)cc4F)ccc3C2=O)C(=O)N1. The van der Waals surface area contributed by atoms with Crippen LogP contribution in [0.1, 0.15) is 60.0 Å². The van der Waals surface area contributed by atoms with E-state index in [4.69, 9.17) is 4.74 Å². The lowest BCUT2D eigenvalue weighted by Gasteiger charge is -2.33. The molecule has 2 aromatic carbocycles. The molecule has 1 saturated heterocycles. The molecule has 0 aromatic heterocycles. The van der Waals surface area contributed by atoms with Crippen molar-refractivity contribution in [3.63, 3.8) is 0 Å². The topological polar surface area (TPSA) is 70.7 Å². The molecule has 0 radical (unpaired) electrons. The van der Waals surface area contributed by atoms with Crippen LogP contribution in [0.3, 0.4) is 0 Å². The lowest BCUT2D eigenvalue weighted by atomic mass is 9.92. The molecule has 5 rings (SSSR count). The Hall–Kier alpha value is -3.26. The van der Waals surface area contributed by atoms with Crippen LogP contribution in [-0.4, -0.2) is 34.9 Å². The number of nitrogens with zero attached hydrogens (tertiary/aromatic N) is 1. The zero-order valence-corrected chi connectivity index (χ0v) is 19.5. The van der Waals surface area contributed by atoms with Gasteiger partial charge in [-0.25, -0.2) is 8.78 Å². The summed E-state index contributed by atoms with van der Waals surface area (Å²) in [5.41, 5.74) is 2.55. The van der Waals surface area contributed by atoms with Gasteiger partial charge in [0.2, 0.25) is 5.91 Å². The molecule has 2 fully saturated rings. The van der Waals surface area contributed by atoms with Gasteiger partial charge in [-0.1, -0.05) is 19.1 Å². The predicted molar refractivity (Wildman–Crippen MR) is 126 cm³/mol. The molecule has 0 spiro atoms. The number of nitrogens with one attached hydrogen (secondary N) is 2. The maximum absolute atomic E-state index is 14.0. The third-order valence-corrected chi connectivity index (χ3v) is 7.17. The van der Waals surface area contributed by atoms with Gasteiger partial charge < -0.3 is 20.3 Å². The maximum atomic E-state index is 14.0. The Morgan fingerprint density at radius 3 is 2.71 bits per heavy atom. The molecule has 0 bridgehead atoms. The largest absolute Gasteiger partial charge is 0.489 e. The smallest absolute Gasteiger partial charge is 0.255 e. The molecule has 2 N–H and O–H groups in total. The van der Waals surface area contributed by atoms with Crippen molar-refractivity contribution in [1.82, 2.24) is 15.5 Å². The lowest BCUT2D eigenvalue weighted by molar-refractivity contribution is -0.126. The van der Waals surface area contributed by atoms with E-state index in [9.17, 15) is 18.4 Å². The number of hydrogen-bond acceptors (Lipinski definition) is 4. The van der Waals surface area contributed by atoms with E-state index >= 15 is 0 Å². The predicted octanol–water partition coefficient (Wildman–Crippen LogP) is 4.19. The summed E-state index contributed by atoms with van der Waals surface area (Å²) in [6, 6.07) is 8.61. The molecule has 6 nitrogen and oxygen atoms in total. The van der Waals surface area contributed by atoms with Crippen molar-refractivity contribution < 1.29 is 23.1 Å².